The minimum atomic E-state index is -3.71. The van der Waals surface area contributed by atoms with E-state index in [1.54, 1.807) is 19.1 Å². The van der Waals surface area contributed by atoms with Crippen LogP contribution in [0, 0.1) is 25.2 Å². The zero-order valence-electron chi connectivity index (χ0n) is 11.4. The lowest BCUT2D eigenvalue weighted by molar-refractivity contribution is 0.600. The Morgan fingerprint density at radius 1 is 1.24 bits per heavy atom. The first-order chi connectivity index (χ1) is 9.83. The summed E-state index contributed by atoms with van der Waals surface area (Å²) in [6.45, 7) is 3.47. The first-order valence-electron chi connectivity index (χ1n) is 5.99. The number of nitrogens with zero attached hydrogens (tertiary/aromatic N) is 2. The first-order valence-corrected chi connectivity index (χ1v) is 8.27. The monoisotopic (exact) mass is 365 g/mol. The molecule has 0 saturated heterocycles. The lowest BCUT2D eigenvalue weighted by Gasteiger charge is -2.11. The zero-order valence-corrected chi connectivity index (χ0v) is 13.8. The summed E-state index contributed by atoms with van der Waals surface area (Å²) in [7, 11) is -3.71. The third kappa shape index (κ3) is 3.40. The smallest absolute Gasteiger partial charge is 0.262 e. The number of anilines is 1. The van der Waals surface area contributed by atoms with Gasteiger partial charge in [-0.1, -0.05) is 0 Å². The predicted molar refractivity (Wildman–Crippen MR) is 83.4 cm³/mol. The molecule has 108 valence electrons. The van der Waals surface area contributed by atoms with E-state index < -0.39 is 10.0 Å². The van der Waals surface area contributed by atoms with Gasteiger partial charge in [-0.15, -0.1) is 0 Å². The Morgan fingerprint density at radius 3 is 2.52 bits per heavy atom. The summed E-state index contributed by atoms with van der Waals surface area (Å²) in [5.41, 5.74) is 2.15. The van der Waals surface area contributed by atoms with Gasteiger partial charge >= 0.3 is 0 Å². The van der Waals surface area contributed by atoms with Gasteiger partial charge in [0.2, 0.25) is 0 Å². The second kappa shape index (κ2) is 5.84. The Bertz CT molecular complexity index is 842. The molecule has 2 aromatic rings. The van der Waals surface area contributed by atoms with Crippen LogP contribution in [0.4, 0.5) is 5.69 Å². The van der Waals surface area contributed by atoms with Crippen molar-refractivity contribution in [1.29, 1.82) is 5.26 Å². The van der Waals surface area contributed by atoms with Gasteiger partial charge < -0.3 is 0 Å². The summed E-state index contributed by atoms with van der Waals surface area (Å²) in [5.74, 6) is 0. The Labute approximate surface area is 131 Å². The molecule has 1 aromatic carbocycles. The normalized spacial score (nSPS) is 11.0. The van der Waals surface area contributed by atoms with Crippen LogP contribution in [0.15, 0.2) is 40.0 Å². The van der Waals surface area contributed by atoms with Crippen molar-refractivity contribution in [3.63, 3.8) is 0 Å². The summed E-state index contributed by atoms with van der Waals surface area (Å²) in [4.78, 5) is 4.19. The molecule has 0 fully saturated rings. The number of nitrogens with one attached hydrogen (secondary N) is 1. The van der Waals surface area contributed by atoms with E-state index in [0.717, 1.165) is 5.56 Å². The van der Waals surface area contributed by atoms with Gasteiger partial charge in [0, 0.05) is 0 Å². The van der Waals surface area contributed by atoms with Gasteiger partial charge in [0.25, 0.3) is 10.0 Å². The fraction of sp³-hybridized carbons (Fsp3) is 0.143. The number of rotatable bonds is 3. The van der Waals surface area contributed by atoms with Crippen molar-refractivity contribution in [3.8, 4) is 6.07 Å². The molecule has 0 aliphatic heterocycles. The van der Waals surface area contributed by atoms with Crippen LogP contribution in [0.25, 0.3) is 0 Å². The highest BCUT2D eigenvalue weighted by atomic mass is 79.9. The van der Waals surface area contributed by atoms with Gasteiger partial charge in [-0.2, -0.15) is 5.26 Å². The van der Waals surface area contributed by atoms with E-state index in [0.29, 0.717) is 21.4 Å². The molecule has 0 bridgehead atoms. The summed E-state index contributed by atoms with van der Waals surface area (Å²) in [6, 6.07) is 8.11. The molecule has 0 amide bonds. The highest BCUT2D eigenvalue weighted by Crippen LogP contribution is 2.22. The standard InChI is InChI=1S/C14H12BrN3O2S/c1-9-5-11(7-16)3-4-13(9)21(19,20)18-12-6-10(2)14(15)17-8-12/h3-6,8,18H,1-2H3. The second-order valence-corrected chi connectivity index (χ2v) is 6.93. The van der Waals surface area contributed by atoms with Crippen LogP contribution < -0.4 is 4.72 Å². The van der Waals surface area contributed by atoms with Crippen LogP contribution in [-0.4, -0.2) is 13.4 Å². The molecule has 7 heteroatoms. The molecular weight excluding hydrogens is 354 g/mol. The SMILES string of the molecule is Cc1cc(C#N)ccc1S(=O)(=O)Nc1cnc(Br)c(C)c1. The molecule has 0 aliphatic carbocycles. The van der Waals surface area contributed by atoms with E-state index in [1.165, 1.54) is 18.3 Å². The van der Waals surface area contributed by atoms with E-state index in [4.69, 9.17) is 5.26 Å². The molecule has 0 atom stereocenters. The van der Waals surface area contributed by atoms with Crippen molar-refractivity contribution in [2.45, 2.75) is 18.7 Å². The van der Waals surface area contributed by atoms with Gasteiger partial charge in [0.1, 0.15) is 4.60 Å². The predicted octanol–water partition coefficient (Wildman–Crippen LogP) is 3.13. The summed E-state index contributed by atoms with van der Waals surface area (Å²) in [5, 5.41) is 8.82. The lowest BCUT2D eigenvalue weighted by Crippen LogP contribution is -2.14. The maximum Gasteiger partial charge on any atom is 0.262 e. The van der Waals surface area contributed by atoms with Crippen molar-refractivity contribution in [1.82, 2.24) is 4.98 Å². The van der Waals surface area contributed by atoms with Crippen LogP contribution in [0.5, 0.6) is 0 Å². The number of aryl methyl sites for hydroxylation is 2. The number of nitriles is 1. The summed E-state index contributed by atoms with van der Waals surface area (Å²) < 4.78 is 27.9. The molecule has 0 saturated carbocycles. The van der Waals surface area contributed by atoms with Gasteiger partial charge in [-0.3, -0.25) is 4.72 Å². The highest BCUT2D eigenvalue weighted by molar-refractivity contribution is 9.10. The summed E-state index contributed by atoms with van der Waals surface area (Å²) in [6.07, 6.45) is 1.44. The molecular formula is C14H12BrN3O2S. The molecule has 0 radical (unpaired) electrons. The molecule has 1 aromatic heterocycles. The number of benzene rings is 1. The average Bonchev–Trinajstić information content (AvgIpc) is 2.42. The summed E-state index contributed by atoms with van der Waals surface area (Å²) >= 11 is 3.26. The van der Waals surface area contributed by atoms with E-state index >= 15 is 0 Å². The second-order valence-electron chi connectivity index (χ2n) is 4.53. The molecule has 0 unspecified atom stereocenters. The van der Waals surface area contributed by atoms with Crippen LogP contribution in [0.3, 0.4) is 0 Å². The molecule has 1 N–H and O–H groups in total. The Kier molecular flexibility index (Phi) is 4.30. The van der Waals surface area contributed by atoms with Crippen molar-refractivity contribution in [2.24, 2.45) is 0 Å². The minimum absolute atomic E-state index is 0.141. The van der Waals surface area contributed by atoms with Gasteiger partial charge in [0.15, 0.2) is 0 Å². The number of hydrogen-bond acceptors (Lipinski definition) is 4. The first kappa shape index (κ1) is 15.5. The average molecular weight is 366 g/mol. The Hall–Kier alpha value is -1.91. The third-order valence-corrected chi connectivity index (χ3v) is 5.23. The number of pyridine rings is 1. The van der Waals surface area contributed by atoms with Gasteiger partial charge in [-0.05, 0) is 65.2 Å². The molecule has 5 nitrogen and oxygen atoms in total. The lowest BCUT2D eigenvalue weighted by atomic mass is 10.2. The number of sulfonamides is 1. The number of halogens is 1. The molecule has 0 aliphatic rings. The van der Waals surface area contributed by atoms with Crippen molar-refractivity contribution < 1.29 is 8.42 Å². The van der Waals surface area contributed by atoms with Crippen LogP contribution in [0.1, 0.15) is 16.7 Å². The number of aromatic nitrogens is 1. The van der Waals surface area contributed by atoms with Crippen molar-refractivity contribution in [3.05, 3.63) is 51.8 Å². The van der Waals surface area contributed by atoms with E-state index in [2.05, 4.69) is 25.6 Å². The number of hydrogen-bond donors (Lipinski definition) is 1. The largest absolute Gasteiger partial charge is 0.278 e. The van der Waals surface area contributed by atoms with Gasteiger partial charge in [-0.25, -0.2) is 13.4 Å². The Morgan fingerprint density at radius 2 is 1.95 bits per heavy atom. The van der Waals surface area contributed by atoms with E-state index in [-0.39, 0.29) is 4.90 Å². The highest BCUT2D eigenvalue weighted by Gasteiger charge is 2.17. The van der Waals surface area contributed by atoms with Crippen molar-refractivity contribution in [2.75, 3.05) is 4.72 Å². The molecule has 21 heavy (non-hydrogen) atoms. The van der Waals surface area contributed by atoms with Crippen molar-refractivity contribution >= 4 is 31.6 Å². The van der Waals surface area contributed by atoms with E-state index in [9.17, 15) is 8.42 Å². The van der Waals surface area contributed by atoms with Crippen LogP contribution >= 0.6 is 15.9 Å². The van der Waals surface area contributed by atoms with Gasteiger partial charge in [0.05, 0.1) is 28.4 Å². The minimum Gasteiger partial charge on any atom is -0.278 e. The molecule has 2 rings (SSSR count). The van der Waals surface area contributed by atoms with Crippen LogP contribution in [0.2, 0.25) is 0 Å². The Balaban J connectivity index is 2.38. The maximum atomic E-state index is 12.4. The fourth-order valence-electron chi connectivity index (χ4n) is 1.84. The third-order valence-electron chi connectivity index (χ3n) is 2.86. The topological polar surface area (TPSA) is 82.8 Å². The fourth-order valence-corrected chi connectivity index (χ4v) is 3.32. The van der Waals surface area contributed by atoms with Crippen LogP contribution in [-0.2, 0) is 10.0 Å². The zero-order chi connectivity index (χ0) is 15.6. The van der Waals surface area contributed by atoms with E-state index in [1.807, 2.05) is 13.0 Å². The quantitative estimate of drug-likeness (QED) is 0.846. The maximum absolute atomic E-state index is 12.4. The molecule has 1 heterocycles. The molecule has 0 spiro atoms.